The van der Waals surface area contributed by atoms with E-state index in [0.29, 0.717) is 12.2 Å². The molecule has 2 N–H and O–H groups in total. The van der Waals surface area contributed by atoms with Gasteiger partial charge in [-0.3, -0.25) is 4.79 Å². The van der Waals surface area contributed by atoms with Gasteiger partial charge in [-0.05, 0) is 53.9 Å². The molecule has 0 unspecified atom stereocenters. The largest absolute Gasteiger partial charge is 0.497 e. The van der Waals surface area contributed by atoms with E-state index in [1.165, 1.54) is 5.56 Å². The van der Waals surface area contributed by atoms with Gasteiger partial charge in [-0.15, -0.1) is 0 Å². The first kappa shape index (κ1) is 18.5. The summed E-state index contributed by atoms with van der Waals surface area (Å²) in [5.74, 6) is 0.587. The van der Waals surface area contributed by atoms with Gasteiger partial charge >= 0.3 is 0 Å². The predicted molar refractivity (Wildman–Crippen MR) is 108 cm³/mol. The zero-order chi connectivity index (χ0) is 19.1. The molecule has 138 valence electrons. The number of rotatable bonds is 7. The van der Waals surface area contributed by atoms with Crippen LogP contribution in [0.2, 0.25) is 0 Å². The van der Waals surface area contributed by atoms with Gasteiger partial charge in [-0.2, -0.15) is 0 Å². The Bertz CT molecular complexity index is 873. The number of carbonyl (C=O) groups excluding carboxylic acids is 1. The van der Waals surface area contributed by atoms with Crippen LogP contribution in [0.3, 0.4) is 0 Å². The molecule has 1 aromatic heterocycles. The minimum atomic E-state index is -0.204. The molecular weight excluding hydrogens is 338 g/mol. The van der Waals surface area contributed by atoms with E-state index in [2.05, 4.69) is 34.7 Å². The molecule has 27 heavy (non-hydrogen) atoms. The summed E-state index contributed by atoms with van der Waals surface area (Å²) < 4.78 is 5.13. The molecular formula is C22H23N3O2. The summed E-state index contributed by atoms with van der Waals surface area (Å²) in [5.41, 5.74) is 4.51. The zero-order valence-corrected chi connectivity index (χ0v) is 15.5. The first-order valence-electron chi connectivity index (χ1n) is 8.91. The number of nitrogens with zero attached hydrogens (tertiary/aromatic N) is 1. The Balaban J connectivity index is 1.55. The van der Waals surface area contributed by atoms with Gasteiger partial charge in [-0.1, -0.05) is 31.2 Å². The molecule has 0 bridgehead atoms. The van der Waals surface area contributed by atoms with Crippen molar-refractivity contribution in [3.8, 4) is 5.75 Å². The fraction of sp³-hybridized carbons (Fsp3) is 0.182. The van der Waals surface area contributed by atoms with Crippen LogP contribution in [0, 0.1) is 0 Å². The van der Waals surface area contributed by atoms with Crippen molar-refractivity contribution in [1.29, 1.82) is 0 Å². The molecule has 0 saturated heterocycles. The number of aromatic nitrogens is 1. The van der Waals surface area contributed by atoms with E-state index in [1.807, 2.05) is 42.5 Å². The van der Waals surface area contributed by atoms with Crippen LogP contribution in [0.1, 0.15) is 28.5 Å². The third-order valence-corrected chi connectivity index (χ3v) is 4.26. The standard InChI is InChI=1S/C22H23N3O2/c1-3-16-4-8-18(9-5-16)25-19-10-13-21(23-15-19)22(26)24-14-17-6-11-20(27-2)12-7-17/h4-13,15,25H,3,14H2,1-2H3,(H,24,26). The quantitative estimate of drug-likeness (QED) is 0.658. The molecule has 3 rings (SSSR count). The highest BCUT2D eigenvalue weighted by Crippen LogP contribution is 2.17. The highest BCUT2D eigenvalue weighted by atomic mass is 16.5. The van der Waals surface area contributed by atoms with E-state index in [1.54, 1.807) is 19.4 Å². The molecule has 5 nitrogen and oxygen atoms in total. The second-order valence-electron chi connectivity index (χ2n) is 6.14. The van der Waals surface area contributed by atoms with Crippen LogP contribution in [0.5, 0.6) is 5.75 Å². The number of hydrogen-bond donors (Lipinski definition) is 2. The third-order valence-electron chi connectivity index (χ3n) is 4.26. The average molecular weight is 361 g/mol. The lowest BCUT2D eigenvalue weighted by molar-refractivity contribution is 0.0946. The Morgan fingerprint density at radius 3 is 2.19 bits per heavy atom. The van der Waals surface area contributed by atoms with Crippen molar-refractivity contribution in [1.82, 2.24) is 10.3 Å². The zero-order valence-electron chi connectivity index (χ0n) is 15.5. The molecule has 0 fully saturated rings. The number of pyridine rings is 1. The lowest BCUT2D eigenvalue weighted by Crippen LogP contribution is -2.23. The number of carbonyl (C=O) groups is 1. The van der Waals surface area contributed by atoms with Gasteiger partial charge in [0.15, 0.2) is 0 Å². The Hall–Kier alpha value is -3.34. The Morgan fingerprint density at radius 2 is 1.59 bits per heavy atom. The summed E-state index contributed by atoms with van der Waals surface area (Å²) in [6.07, 6.45) is 2.68. The number of benzene rings is 2. The normalized spacial score (nSPS) is 10.3. The van der Waals surface area contributed by atoms with Gasteiger partial charge in [-0.25, -0.2) is 4.98 Å². The number of ether oxygens (including phenoxy) is 1. The van der Waals surface area contributed by atoms with Crippen LogP contribution < -0.4 is 15.4 Å². The lowest BCUT2D eigenvalue weighted by atomic mass is 10.1. The molecule has 2 aromatic carbocycles. The second-order valence-corrected chi connectivity index (χ2v) is 6.14. The van der Waals surface area contributed by atoms with Crippen molar-refractivity contribution in [2.45, 2.75) is 19.9 Å². The molecule has 0 spiro atoms. The number of hydrogen-bond acceptors (Lipinski definition) is 4. The summed E-state index contributed by atoms with van der Waals surface area (Å²) in [6, 6.07) is 19.4. The third kappa shape index (κ3) is 5.07. The molecule has 0 aliphatic carbocycles. The van der Waals surface area contributed by atoms with Crippen molar-refractivity contribution in [2.24, 2.45) is 0 Å². The van der Waals surface area contributed by atoms with Gasteiger partial charge < -0.3 is 15.4 Å². The van der Waals surface area contributed by atoms with Crippen LogP contribution in [0.15, 0.2) is 66.9 Å². The molecule has 0 atom stereocenters. The molecule has 1 heterocycles. The maximum absolute atomic E-state index is 12.3. The monoisotopic (exact) mass is 361 g/mol. The lowest BCUT2D eigenvalue weighted by Gasteiger charge is -2.09. The van der Waals surface area contributed by atoms with Gasteiger partial charge in [0.25, 0.3) is 5.91 Å². The maximum atomic E-state index is 12.3. The number of aryl methyl sites for hydroxylation is 1. The van der Waals surface area contributed by atoms with Crippen molar-refractivity contribution >= 4 is 17.3 Å². The first-order valence-corrected chi connectivity index (χ1v) is 8.91. The van der Waals surface area contributed by atoms with Crippen molar-refractivity contribution < 1.29 is 9.53 Å². The van der Waals surface area contributed by atoms with E-state index < -0.39 is 0 Å². The van der Waals surface area contributed by atoms with Gasteiger partial charge in [0, 0.05) is 12.2 Å². The summed E-state index contributed by atoms with van der Waals surface area (Å²) in [5, 5.41) is 6.16. The number of nitrogens with one attached hydrogen (secondary N) is 2. The van der Waals surface area contributed by atoms with E-state index >= 15 is 0 Å². The molecule has 0 aliphatic rings. The highest BCUT2D eigenvalue weighted by Gasteiger charge is 2.07. The van der Waals surface area contributed by atoms with Crippen LogP contribution in [-0.4, -0.2) is 18.0 Å². The van der Waals surface area contributed by atoms with Crippen molar-refractivity contribution in [2.75, 3.05) is 12.4 Å². The second kappa shape index (κ2) is 8.85. The smallest absolute Gasteiger partial charge is 0.270 e. The Kier molecular flexibility index (Phi) is 6.05. The SMILES string of the molecule is CCc1ccc(Nc2ccc(C(=O)NCc3ccc(OC)cc3)nc2)cc1. The number of amides is 1. The van der Waals surface area contributed by atoms with Crippen LogP contribution >= 0.6 is 0 Å². The average Bonchev–Trinajstić information content (AvgIpc) is 2.73. The molecule has 0 saturated carbocycles. The molecule has 5 heteroatoms. The Morgan fingerprint density at radius 1 is 0.926 bits per heavy atom. The highest BCUT2D eigenvalue weighted by molar-refractivity contribution is 5.92. The summed E-state index contributed by atoms with van der Waals surface area (Å²) in [6.45, 7) is 2.57. The summed E-state index contributed by atoms with van der Waals surface area (Å²) >= 11 is 0. The van der Waals surface area contributed by atoms with Crippen molar-refractivity contribution in [3.05, 3.63) is 83.7 Å². The minimum absolute atomic E-state index is 0.204. The van der Waals surface area contributed by atoms with Gasteiger partial charge in [0.05, 0.1) is 19.0 Å². The van der Waals surface area contributed by atoms with Crippen LogP contribution in [-0.2, 0) is 13.0 Å². The number of methoxy groups -OCH3 is 1. The van der Waals surface area contributed by atoms with E-state index in [-0.39, 0.29) is 5.91 Å². The van der Waals surface area contributed by atoms with E-state index in [9.17, 15) is 4.79 Å². The summed E-state index contributed by atoms with van der Waals surface area (Å²) in [4.78, 5) is 16.5. The fourth-order valence-electron chi connectivity index (χ4n) is 2.61. The summed E-state index contributed by atoms with van der Waals surface area (Å²) in [7, 11) is 1.63. The van der Waals surface area contributed by atoms with Crippen molar-refractivity contribution in [3.63, 3.8) is 0 Å². The molecule has 0 aliphatic heterocycles. The minimum Gasteiger partial charge on any atom is -0.497 e. The van der Waals surface area contributed by atoms with Gasteiger partial charge in [0.1, 0.15) is 11.4 Å². The van der Waals surface area contributed by atoms with Crippen LogP contribution in [0.25, 0.3) is 0 Å². The fourth-order valence-corrected chi connectivity index (χ4v) is 2.61. The van der Waals surface area contributed by atoms with Crippen LogP contribution in [0.4, 0.5) is 11.4 Å². The van der Waals surface area contributed by atoms with Gasteiger partial charge in [0.2, 0.25) is 0 Å². The Labute approximate surface area is 159 Å². The molecule has 0 radical (unpaired) electrons. The topological polar surface area (TPSA) is 63.2 Å². The first-order chi connectivity index (χ1) is 13.2. The van der Waals surface area contributed by atoms with E-state index in [4.69, 9.17) is 4.74 Å². The number of anilines is 2. The maximum Gasteiger partial charge on any atom is 0.270 e. The predicted octanol–water partition coefficient (Wildman–Crippen LogP) is 4.33. The molecule has 1 amide bonds. The molecule has 3 aromatic rings. The van der Waals surface area contributed by atoms with E-state index in [0.717, 1.165) is 29.1 Å².